The van der Waals surface area contributed by atoms with Crippen molar-refractivity contribution >= 4 is 22.9 Å². The van der Waals surface area contributed by atoms with E-state index in [2.05, 4.69) is 16.7 Å². The second-order valence-electron chi connectivity index (χ2n) is 3.61. The molecule has 1 aromatic rings. The van der Waals surface area contributed by atoms with Gasteiger partial charge in [0.1, 0.15) is 0 Å². The lowest BCUT2D eigenvalue weighted by molar-refractivity contribution is 0.611. The van der Waals surface area contributed by atoms with Gasteiger partial charge in [0.05, 0.1) is 4.34 Å². The number of halogens is 1. The smallest absolute Gasteiger partial charge is 0.0931 e. The largest absolute Gasteiger partial charge is 0.313 e. The molecule has 2 nitrogen and oxygen atoms in total. The third kappa shape index (κ3) is 3.58. The van der Waals surface area contributed by atoms with E-state index in [-0.39, 0.29) is 0 Å². The van der Waals surface area contributed by atoms with Gasteiger partial charge in [-0.05, 0) is 25.0 Å². The SMILES string of the molecule is Clc1ccc(CNCCNC2CC2)s1. The van der Waals surface area contributed by atoms with Crippen LogP contribution in [0, 0.1) is 0 Å². The molecule has 2 rings (SSSR count). The maximum Gasteiger partial charge on any atom is 0.0931 e. The first-order chi connectivity index (χ1) is 6.84. The minimum Gasteiger partial charge on any atom is -0.313 e. The lowest BCUT2D eigenvalue weighted by Crippen LogP contribution is -2.28. The van der Waals surface area contributed by atoms with E-state index in [4.69, 9.17) is 11.6 Å². The van der Waals surface area contributed by atoms with Gasteiger partial charge in [0.25, 0.3) is 0 Å². The summed E-state index contributed by atoms with van der Waals surface area (Å²) in [7, 11) is 0. The summed E-state index contributed by atoms with van der Waals surface area (Å²) in [5, 5.41) is 6.85. The second-order valence-corrected chi connectivity index (χ2v) is 5.41. The summed E-state index contributed by atoms with van der Waals surface area (Å²) in [5.41, 5.74) is 0. The van der Waals surface area contributed by atoms with Crippen molar-refractivity contribution in [2.75, 3.05) is 13.1 Å². The Morgan fingerprint density at radius 1 is 1.36 bits per heavy atom. The average molecular weight is 231 g/mol. The molecule has 0 aromatic carbocycles. The molecule has 0 bridgehead atoms. The Morgan fingerprint density at radius 2 is 2.21 bits per heavy atom. The lowest BCUT2D eigenvalue weighted by atomic mass is 10.4. The predicted octanol–water partition coefficient (Wildman–Crippen LogP) is 2.24. The highest BCUT2D eigenvalue weighted by Crippen LogP contribution is 2.21. The van der Waals surface area contributed by atoms with Gasteiger partial charge >= 0.3 is 0 Å². The van der Waals surface area contributed by atoms with E-state index in [1.807, 2.05) is 6.07 Å². The van der Waals surface area contributed by atoms with Crippen molar-refractivity contribution in [3.8, 4) is 0 Å². The van der Waals surface area contributed by atoms with Crippen LogP contribution < -0.4 is 10.6 Å². The zero-order valence-electron chi connectivity index (χ0n) is 8.05. The van der Waals surface area contributed by atoms with Crippen LogP contribution in [-0.2, 0) is 6.54 Å². The van der Waals surface area contributed by atoms with Gasteiger partial charge in [-0.1, -0.05) is 11.6 Å². The van der Waals surface area contributed by atoms with Crippen molar-refractivity contribution in [3.63, 3.8) is 0 Å². The minimum absolute atomic E-state index is 0.813. The van der Waals surface area contributed by atoms with E-state index in [9.17, 15) is 0 Å². The van der Waals surface area contributed by atoms with Crippen molar-refractivity contribution in [1.29, 1.82) is 0 Å². The van der Waals surface area contributed by atoms with Crippen molar-refractivity contribution in [2.45, 2.75) is 25.4 Å². The standard InChI is InChI=1S/C10H15ClN2S/c11-10-4-3-9(14-10)7-12-5-6-13-8-1-2-8/h3-4,8,12-13H,1-2,5-7H2. The maximum absolute atomic E-state index is 5.83. The number of hydrogen-bond acceptors (Lipinski definition) is 3. The Hall–Kier alpha value is -0.0900. The van der Waals surface area contributed by atoms with Gasteiger partial charge in [-0.25, -0.2) is 0 Å². The average Bonchev–Trinajstić information content (AvgIpc) is 2.89. The molecule has 1 aliphatic carbocycles. The van der Waals surface area contributed by atoms with Gasteiger partial charge in [-0.2, -0.15) is 0 Å². The van der Waals surface area contributed by atoms with E-state index in [1.165, 1.54) is 17.7 Å². The van der Waals surface area contributed by atoms with Crippen LogP contribution in [0.5, 0.6) is 0 Å². The molecule has 0 radical (unpaired) electrons. The van der Waals surface area contributed by atoms with E-state index in [0.29, 0.717) is 0 Å². The van der Waals surface area contributed by atoms with Gasteiger partial charge in [0, 0.05) is 30.6 Å². The first-order valence-electron chi connectivity index (χ1n) is 5.03. The molecule has 78 valence electrons. The molecule has 0 aliphatic heterocycles. The summed E-state index contributed by atoms with van der Waals surface area (Å²) in [6, 6.07) is 4.84. The molecule has 1 aromatic heterocycles. The highest BCUT2D eigenvalue weighted by Gasteiger charge is 2.19. The second kappa shape index (κ2) is 5.12. The van der Waals surface area contributed by atoms with Crippen LogP contribution in [0.15, 0.2) is 12.1 Å². The Balaban J connectivity index is 1.53. The first-order valence-corrected chi connectivity index (χ1v) is 6.22. The molecule has 1 aliphatic rings. The van der Waals surface area contributed by atoms with Crippen molar-refractivity contribution in [1.82, 2.24) is 10.6 Å². The molecule has 4 heteroatoms. The molecule has 0 saturated heterocycles. The van der Waals surface area contributed by atoms with Crippen LogP contribution in [0.25, 0.3) is 0 Å². The fourth-order valence-corrected chi connectivity index (χ4v) is 2.37. The van der Waals surface area contributed by atoms with Crippen molar-refractivity contribution in [3.05, 3.63) is 21.3 Å². The van der Waals surface area contributed by atoms with Crippen molar-refractivity contribution < 1.29 is 0 Å². The fraction of sp³-hybridized carbons (Fsp3) is 0.600. The quantitative estimate of drug-likeness (QED) is 0.733. The van der Waals surface area contributed by atoms with Gasteiger partial charge in [0.2, 0.25) is 0 Å². The summed E-state index contributed by atoms with van der Waals surface area (Å²) in [5.74, 6) is 0. The molecule has 0 amide bonds. The molecule has 1 heterocycles. The number of nitrogens with one attached hydrogen (secondary N) is 2. The minimum atomic E-state index is 0.813. The summed E-state index contributed by atoms with van der Waals surface area (Å²) in [4.78, 5) is 1.31. The summed E-state index contributed by atoms with van der Waals surface area (Å²) < 4.78 is 0.873. The van der Waals surface area contributed by atoms with Gasteiger partial charge in [0.15, 0.2) is 0 Å². The van der Waals surface area contributed by atoms with Crippen LogP contribution in [0.4, 0.5) is 0 Å². The Labute approximate surface area is 93.7 Å². The molecular formula is C10H15ClN2S. The van der Waals surface area contributed by atoms with Gasteiger partial charge < -0.3 is 10.6 Å². The summed E-state index contributed by atoms with van der Waals surface area (Å²) in [6.07, 6.45) is 2.72. The molecule has 1 saturated carbocycles. The van der Waals surface area contributed by atoms with Crippen LogP contribution in [-0.4, -0.2) is 19.1 Å². The molecular weight excluding hydrogens is 216 g/mol. The highest BCUT2D eigenvalue weighted by atomic mass is 35.5. The van der Waals surface area contributed by atoms with E-state index >= 15 is 0 Å². The summed E-state index contributed by atoms with van der Waals surface area (Å²) in [6.45, 7) is 3.04. The van der Waals surface area contributed by atoms with Crippen LogP contribution in [0.3, 0.4) is 0 Å². The topological polar surface area (TPSA) is 24.1 Å². The zero-order chi connectivity index (χ0) is 9.80. The Morgan fingerprint density at radius 3 is 2.86 bits per heavy atom. The van der Waals surface area contributed by atoms with E-state index < -0.39 is 0 Å². The van der Waals surface area contributed by atoms with Crippen LogP contribution >= 0.6 is 22.9 Å². The zero-order valence-corrected chi connectivity index (χ0v) is 9.63. The van der Waals surface area contributed by atoms with E-state index in [1.54, 1.807) is 11.3 Å². The van der Waals surface area contributed by atoms with Gasteiger partial charge in [-0.15, -0.1) is 11.3 Å². The summed E-state index contributed by atoms with van der Waals surface area (Å²) >= 11 is 7.48. The Bertz CT molecular complexity index is 283. The molecule has 1 fully saturated rings. The molecule has 0 unspecified atom stereocenters. The van der Waals surface area contributed by atoms with E-state index in [0.717, 1.165) is 30.0 Å². The monoisotopic (exact) mass is 230 g/mol. The van der Waals surface area contributed by atoms with Crippen LogP contribution in [0.2, 0.25) is 4.34 Å². The number of rotatable bonds is 6. The first kappa shape index (κ1) is 10.4. The number of hydrogen-bond donors (Lipinski definition) is 2. The Kier molecular flexibility index (Phi) is 3.81. The molecule has 0 spiro atoms. The van der Waals surface area contributed by atoms with Crippen molar-refractivity contribution in [2.24, 2.45) is 0 Å². The highest BCUT2D eigenvalue weighted by molar-refractivity contribution is 7.16. The molecule has 0 atom stereocenters. The van der Waals surface area contributed by atoms with Gasteiger partial charge in [-0.3, -0.25) is 0 Å². The third-order valence-corrected chi connectivity index (χ3v) is 3.47. The normalized spacial score (nSPS) is 16.1. The predicted molar refractivity (Wildman–Crippen MR) is 62.1 cm³/mol. The lowest BCUT2D eigenvalue weighted by Gasteiger charge is -2.03. The maximum atomic E-state index is 5.83. The molecule has 14 heavy (non-hydrogen) atoms. The number of thiophene rings is 1. The van der Waals surface area contributed by atoms with Crippen LogP contribution in [0.1, 0.15) is 17.7 Å². The molecule has 2 N–H and O–H groups in total. The third-order valence-electron chi connectivity index (χ3n) is 2.24. The fourth-order valence-electron chi connectivity index (χ4n) is 1.31.